The van der Waals surface area contributed by atoms with Gasteiger partial charge in [0.15, 0.2) is 0 Å². The van der Waals surface area contributed by atoms with E-state index in [1.54, 1.807) is 30.3 Å². The quantitative estimate of drug-likeness (QED) is 0.748. The Bertz CT molecular complexity index is 1120. The van der Waals surface area contributed by atoms with E-state index in [0.717, 1.165) is 15.3 Å². The van der Waals surface area contributed by atoms with E-state index in [4.69, 9.17) is 11.6 Å². The van der Waals surface area contributed by atoms with Gasteiger partial charge in [0, 0.05) is 17.0 Å². The average Bonchev–Trinajstić information content (AvgIpc) is 2.85. The van der Waals surface area contributed by atoms with Crippen LogP contribution in [0.15, 0.2) is 65.6 Å². The molecule has 0 fully saturated rings. The Kier molecular flexibility index (Phi) is 4.09. The number of anilines is 1. The lowest BCUT2D eigenvalue weighted by Crippen LogP contribution is -2.38. The summed E-state index contributed by atoms with van der Waals surface area (Å²) in [5, 5.41) is 4.78. The zero-order chi connectivity index (χ0) is 18.3. The average molecular weight is 387 g/mol. The van der Waals surface area contributed by atoms with Crippen molar-refractivity contribution in [3.8, 4) is 0 Å². The number of carbonyl (C=O) groups is 1. The first-order chi connectivity index (χ1) is 12.5. The standard InChI is InChI=1S/C19H15ClN2O3S/c20-15-8-2-1-5-14(15)11-21-18(23)12-22-16-9-3-6-13-7-4-10-17(19(13)16)26(22,24)25/h1-10H,11-12H2,(H,21,23). The van der Waals surface area contributed by atoms with Crippen LogP contribution >= 0.6 is 11.6 Å². The summed E-state index contributed by atoms with van der Waals surface area (Å²) in [6, 6.07) is 17.7. The van der Waals surface area contributed by atoms with Crippen LogP contribution in [0.2, 0.25) is 5.02 Å². The lowest BCUT2D eigenvalue weighted by atomic mass is 10.1. The van der Waals surface area contributed by atoms with Crippen molar-refractivity contribution in [2.24, 2.45) is 0 Å². The Hall–Kier alpha value is -2.57. The Balaban J connectivity index is 1.58. The van der Waals surface area contributed by atoms with E-state index in [1.165, 1.54) is 0 Å². The topological polar surface area (TPSA) is 66.5 Å². The fourth-order valence-electron chi connectivity index (χ4n) is 3.15. The molecule has 26 heavy (non-hydrogen) atoms. The number of benzene rings is 3. The molecular weight excluding hydrogens is 372 g/mol. The third-order valence-electron chi connectivity index (χ3n) is 4.40. The Morgan fingerprint density at radius 1 is 1.00 bits per heavy atom. The predicted octanol–water partition coefficient (Wildman–Crippen LogP) is 3.32. The van der Waals surface area contributed by atoms with Crippen molar-refractivity contribution in [3.63, 3.8) is 0 Å². The van der Waals surface area contributed by atoms with Crippen LogP contribution in [0.4, 0.5) is 5.69 Å². The number of halogens is 1. The molecular formula is C19H15ClN2O3S. The second kappa shape index (κ2) is 6.30. The molecule has 5 nitrogen and oxygen atoms in total. The Labute approximate surface area is 156 Å². The zero-order valence-corrected chi connectivity index (χ0v) is 15.2. The van der Waals surface area contributed by atoms with Crippen LogP contribution in [0.3, 0.4) is 0 Å². The summed E-state index contributed by atoms with van der Waals surface area (Å²) in [5.74, 6) is -0.390. The first-order valence-electron chi connectivity index (χ1n) is 8.03. The van der Waals surface area contributed by atoms with E-state index in [1.807, 2.05) is 30.3 Å². The molecule has 1 aliphatic rings. The predicted molar refractivity (Wildman–Crippen MR) is 102 cm³/mol. The number of hydrogen-bond acceptors (Lipinski definition) is 3. The summed E-state index contributed by atoms with van der Waals surface area (Å²) < 4.78 is 26.9. The van der Waals surface area contributed by atoms with E-state index < -0.39 is 15.9 Å². The van der Waals surface area contributed by atoms with Crippen LogP contribution < -0.4 is 9.62 Å². The number of carbonyl (C=O) groups excluding carboxylic acids is 1. The number of amides is 1. The summed E-state index contributed by atoms with van der Waals surface area (Å²) in [6.45, 7) is -0.0376. The highest BCUT2D eigenvalue weighted by Crippen LogP contribution is 2.41. The van der Waals surface area contributed by atoms with Gasteiger partial charge >= 0.3 is 0 Å². The molecule has 3 aromatic rings. The minimum atomic E-state index is -3.74. The molecule has 0 atom stereocenters. The summed E-state index contributed by atoms with van der Waals surface area (Å²) in [5.41, 5.74) is 1.31. The molecule has 1 amide bonds. The van der Waals surface area contributed by atoms with E-state index in [9.17, 15) is 13.2 Å². The first-order valence-corrected chi connectivity index (χ1v) is 9.85. The van der Waals surface area contributed by atoms with Gasteiger partial charge in [-0.2, -0.15) is 0 Å². The molecule has 1 N–H and O–H groups in total. The largest absolute Gasteiger partial charge is 0.350 e. The molecule has 0 saturated heterocycles. The fraction of sp³-hybridized carbons (Fsp3) is 0.105. The molecule has 0 aromatic heterocycles. The van der Waals surface area contributed by atoms with Crippen LogP contribution in [0, 0.1) is 0 Å². The van der Waals surface area contributed by atoms with Gasteiger partial charge in [0.1, 0.15) is 6.54 Å². The molecule has 1 heterocycles. The van der Waals surface area contributed by atoms with Crippen LogP contribution in [0.1, 0.15) is 5.56 Å². The monoisotopic (exact) mass is 386 g/mol. The summed E-state index contributed by atoms with van der Waals surface area (Å²) in [6.07, 6.45) is 0. The minimum Gasteiger partial charge on any atom is -0.350 e. The van der Waals surface area contributed by atoms with Crippen LogP contribution in [-0.2, 0) is 21.4 Å². The van der Waals surface area contributed by atoms with Gasteiger partial charge in [-0.15, -0.1) is 0 Å². The highest BCUT2D eigenvalue weighted by atomic mass is 35.5. The van der Waals surface area contributed by atoms with Crippen molar-refractivity contribution in [1.29, 1.82) is 0 Å². The number of sulfonamides is 1. The fourth-order valence-corrected chi connectivity index (χ4v) is 5.02. The van der Waals surface area contributed by atoms with Gasteiger partial charge in [0.2, 0.25) is 5.91 Å². The maximum Gasteiger partial charge on any atom is 0.265 e. The normalized spacial score (nSPS) is 14.6. The van der Waals surface area contributed by atoms with Crippen LogP contribution in [0.5, 0.6) is 0 Å². The second-order valence-corrected chi connectivity index (χ2v) is 8.25. The molecule has 7 heteroatoms. The van der Waals surface area contributed by atoms with Gasteiger partial charge in [0.25, 0.3) is 10.0 Å². The molecule has 0 radical (unpaired) electrons. The summed E-state index contributed by atoms with van der Waals surface area (Å²) >= 11 is 6.08. The number of hydrogen-bond donors (Lipinski definition) is 1. The second-order valence-electron chi connectivity index (χ2n) is 6.01. The molecule has 0 saturated carbocycles. The highest BCUT2D eigenvalue weighted by molar-refractivity contribution is 7.93. The maximum absolute atomic E-state index is 12.9. The van der Waals surface area contributed by atoms with Crippen molar-refractivity contribution >= 4 is 44.0 Å². The molecule has 4 rings (SSSR count). The summed E-state index contributed by atoms with van der Waals surface area (Å²) in [7, 11) is -3.74. The van der Waals surface area contributed by atoms with Gasteiger partial charge in [0.05, 0.1) is 10.6 Å². The van der Waals surface area contributed by atoms with Crippen molar-refractivity contribution in [3.05, 3.63) is 71.2 Å². The number of nitrogens with zero attached hydrogens (tertiary/aromatic N) is 1. The van der Waals surface area contributed by atoms with Crippen LogP contribution in [0.25, 0.3) is 10.8 Å². The molecule has 3 aromatic carbocycles. The van der Waals surface area contributed by atoms with Gasteiger partial charge in [-0.3, -0.25) is 9.10 Å². The number of rotatable bonds is 4. The molecule has 132 valence electrons. The van der Waals surface area contributed by atoms with Gasteiger partial charge < -0.3 is 5.32 Å². The van der Waals surface area contributed by atoms with Crippen molar-refractivity contribution in [2.45, 2.75) is 11.4 Å². The first kappa shape index (κ1) is 16.9. The van der Waals surface area contributed by atoms with Crippen molar-refractivity contribution in [1.82, 2.24) is 5.32 Å². The molecule has 0 unspecified atom stereocenters. The Morgan fingerprint density at radius 2 is 1.73 bits per heavy atom. The van der Waals surface area contributed by atoms with Gasteiger partial charge in [-0.1, -0.05) is 54.1 Å². The highest BCUT2D eigenvalue weighted by Gasteiger charge is 2.36. The number of nitrogens with one attached hydrogen (secondary N) is 1. The van der Waals surface area contributed by atoms with E-state index in [0.29, 0.717) is 16.1 Å². The SMILES string of the molecule is O=C(CN1c2cccc3cccc(c23)S1(=O)=O)NCc1ccccc1Cl. The zero-order valence-electron chi connectivity index (χ0n) is 13.6. The maximum atomic E-state index is 12.9. The molecule has 0 spiro atoms. The molecule has 0 aliphatic carbocycles. The third-order valence-corrected chi connectivity index (χ3v) is 6.57. The van der Waals surface area contributed by atoms with Gasteiger partial charge in [-0.25, -0.2) is 8.42 Å². The van der Waals surface area contributed by atoms with Crippen molar-refractivity contribution in [2.75, 3.05) is 10.8 Å². The van der Waals surface area contributed by atoms with E-state index in [2.05, 4.69) is 5.32 Å². The minimum absolute atomic E-state index is 0.240. The lowest BCUT2D eigenvalue weighted by molar-refractivity contribution is -0.119. The van der Waals surface area contributed by atoms with Crippen LogP contribution in [-0.4, -0.2) is 20.9 Å². The third kappa shape index (κ3) is 2.71. The van der Waals surface area contributed by atoms with Gasteiger partial charge in [-0.05, 0) is 29.1 Å². The molecule has 1 aliphatic heterocycles. The smallest absolute Gasteiger partial charge is 0.265 e. The molecule has 0 bridgehead atoms. The Morgan fingerprint density at radius 3 is 2.50 bits per heavy atom. The van der Waals surface area contributed by atoms with Crippen molar-refractivity contribution < 1.29 is 13.2 Å². The van der Waals surface area contributed by atoms with E-state index >= 15 is 0 Å². The lowest BCUT2D eigenvalue weighted by Gasteiger charge is -2.18. The van der Waals surface area contributed by atoms with E-state index in [-0.39, 0.29) is 18.0 Å². The summed E-state index contributed by atoms with van der Waals surface area (Å²) in [4.78, 5) is 12.6.